The first-order chi connectivity index (χ1) is 9.20. The molecule has 2 rings (SSSR count). The van der Waals surface area contributed by atoms with Crippen LogP contribution in [0, 0.1) is 5.82 Å². The average molecular weight is 344 g/mol. The highest BCUT2D eigenvalue weighted by molar-refractivity contribution is 9.09. The molecule has 0 aromatic heterocycles. The van der Waals surface area contributed by atoms with Gasteiger partial charge in [-0.05, 0) is 29.3 Å². The molecule has 2 aromatic rings. The van der Waals surface area contributed by atoms with E-state index in [2.05, 4.69) is 15.9 Å². The summed E-state index contributed by atoms with van der Waals surface area (Å²) in [6.45, 7) is 0.395. The second-order valence-electron chi connectivity index (χ2n) is 4.10. The molecule has 0 aliphatic rings. The Hall–Kier alpha value is -0.900. The van der Waals surface area contributed by atoms with Crippen LogP contribution in [0.3, 0.4) is 0 Å². The van der Waals surface area contributed by atoms with E-state index in [1.807, 2.05) is 30.3 Å². The van der Waals surface area contributed by atoms with Gasteiger partial charge in [0.05, 0.1) is 12.7 Å². The van der Waals surface area contributed by atoms with Gasteiger partial charge in [-0.15, -0.1) is 0 Å². The molecule has 19 heavy (non-hydrogen) atoms. The van der Waals surface area contributed by atoms with Crippen LogP contribution in [0.25, 0.3) is 0 Å². The van der Waals surface area contributed by atoms with Crippen molar-refractivity contribution in [3.63, 3.8) is 0 Å². The van der Waals surface area contributed by atoms with Crippen LogP contribution in [-0.2, 0) is 11.3 Å². The first kappa shape index (κ1) is 14.5. The van der Waals surface area contributed by atoms with Gasteiger partial charge in [0.1, 0.15) is 5.82 Å². The van der Waals surface area contributed by atoms with Crippen LogP contribution in [0.5, 0.6) is 0 Å². The molecule has 100 valence electrons. The van der Waals surface area contributed by atoms with Gasteiger partial charge in [0.25, 0.3) is 0 Å². The quantitative estimate of drug-likeness (QED) is 0.684. The van der Waals surface area contributed by atoms with Gasteiger partial charge >= 0.3 is 0 Å². The number of alkyl halides is 1. The maximum Gasteiger partial charge on any atom is 0.123 e. The van der Waals surface area contributed by atoms with Gasteiger partial charge in [-0.3, -0.25) is 0 Å². The van der Waals surface area contributed by atoms with E-state index < -0.39 is 0 Å². The number of ether oxygens (including phenoxy) is 1. The lowest BCUT2D eigenvalue weighted by molar-refractivity contribution is 0.0564. The Morgan fingerprint density at radius 3 is 2.63 bits per heavy atom. The zero-order valence-corrected chi connectivity index (χ0v) is 12.5. The molecule has 0 heterocycles. The van der Waals surface area contributed by atoms with Gasteiger partial charge in [-0.25, -0.2) is 4.39 Å². The van der Waals surface area contributed by atoms with Gasteiger partial charge in [-0.2, -0.15) is 0 Å². The van der Waals surface area contributed by atoms with Crippen molar-refractivity contribution in [2.45, 2.75) is 12.7 Å². The Morgan fingerprint density at radius 2 is 1.95 bits per heavy atom. The Balaban J connectivity index is 2.06. The molecule has 0 aliphatic heterocycles. The maximum absolute atomic E-state index is 13.2. The lowest BCUT2D eigenvalue weighted by Gasteiger charge is -2.16. The van der Waals surface area contributed by atoms with E-state index in [0.717, 1.165) is 11.1 Å². The zero-order chi connectivity index (χ0) is 13.7. The number of rotatable bonds is 5. The molecule has 0 spiro atoms. The topological polar surface area (TPSA) is 9.23 Å². The van der Waals surface area contributed by atoms with Crippen molar-refractivity contribution in [1.29, 1.82) is 0 Å². The highest BCUT2D eigenvalue weighted by Gasteiger charge is 2.12. The third-order valence-corrected chi connectivity index (χ3v) is 3.72. The molecule has 0 aliphatic carbocycles. The number of hydrogen-bond acceptors (Lipinski definition) is 1. The SMILES string of the molecule is Fc1cccc(C(CBr)OCc2ccccc2Cl)c1. The summed E-state index contributed by atoms with van der Waals surface area (Å²) < 4.78 is 19.0. The second-order valence-corrected chi connectivity index (χ2v) is 5.16. The summed E-state index contributed by atoms with van der Waals surface area (Å²) >= 11 is 9.46. The minimum atomic E-state index is -0.259. The van der Waals surface area contributed by atoms with E-state index in [1.165, 1.54) is 12.1 Å². The minimum Gasteiger partial charge on any atom is -0.368 e. The number of benzene rings is 2. The van der Waals surface area contributed by atoms with E-state index in [4.69, 9.17) is 16.3 Å². The summed E-state index contributed by atoms with van der Waals surface area (Å²) in [6, 6.07) is 14.0. The van der Waals surface area contributed by atoms with Crippen molar-refractivity contribution in [1.82, 2.24) is 0 Å². The molecular formula is C15H13BrClFO. The van der Waals surface area contributed by atoms with Gasteiger partial charge in [0.15, 0.2) is 0 Å². The van der Waals surface area contributed by atoms with Crippen molar-refractivity contribution < 1.29 is 9.13 Å². The normalized spacial score (nSPS) is 12.4. The summed E-state index contributed by atoms with van der Waals surface area (Å²) in [7, 11) is 0. The van der Waals surface area contributed by atoms with Crippen molar-refractivity contribution >= 4 is 27.5 Å². The van der Waals surface area contributed by atoms with Crippen LogP contribution in [0.15, 0.2) is 48.5 Å². The standard InChI is InChI=1S/C15H13BrClFO/c16-9-15(11-5-3-6-13(18)8-11)19-10-12-4-1-2-7-14(12)17/h1-8,15H,9-10H2. The van der Waals surface area contributed by atoms with Crippen molar-refractivity contribution in [3.05, 3.63) is 70.5 Å². The van der Waals surface area contributed by atoms with Crippen LogP contribution in [0.2, 0.25) is 5.02 Å². The van der Waals surface area contributed by atoms with Gasteiger partial charge < -0.3 is 4.74 Å². The van der Waals surface area contributed by atoms with E-state index in [-0.39, 0.29) is 11.9 Å². The largest absolute Gasteiger partial charge is 0.368 e. The fourth-order valence-electron chi connectivity index (χ4n) is 1.74. The predicted octanol–water partition coefficient (Wildman–Crippen LogP) is 5.13. The Bertz CT molecular complexity index is 547. The Labute approximate surface area is 125 Å². The van der Waals surface area contributed by atoms with E-state index in [9.17, 15) is 4.39 Å². The third kappa shape index (κ3) is 4.03. The Kier molecular flexibility index (Phi) is 5.37. The van der Waals surface area contributed by atoms with Gasteiger partial charge in [0.2, 0.25) is 0 Å². The average Bonchev–Trinajstić information content (AvgIpc) is 2.41. The molecule has 0 N–H and O–H groups in total. The predicted molar refractivity (Wildman–Crippen MR) is 79.2 cm³/mol. The molecule has 4 heteroatoms. The van der Waals surface area contributed by atoms with E-state index in [0.29, 0.717) is 17.0 Å². The van der Waals surface area contributed by atoms with Crippen LogP contribution in [0.1, 0.15) is 17.2 Å². The first-order valence-corrected chi connectivity index (χ1v) is 7.37. The van der Waals surface area contributed by atoms with Crippen molar-refractivity contribution in [3.8, 4) is 0 Å². The number of hydrogen-bond donors (Lipinski definition) is 0. The molecule has 0 bridgehead atoms. The molecule has 0 amide bonds. The van der Waals surface area contributed by atoms with Crippen molar-refractivity contribution in [2.75, 3.05) is 5.33 Å². The Morgan fingerprint density at radius 1 is 1.16 bits per heavy atom. The lowest BCUT2D eigenvalue weighted by Crippen LogP contribution is -2.06. The molecule has 0 radical (unpaired) electrons. The molecule has 0 fully saturated rings. The first-order valence-electron chi connectivity index (χ1n) is 5.87. The van der Waals surface area contributed by atoms with Crippen LogP contribution in [0.4, 0.5) is 4.39 Å². The molecule has 0 saturated heterocycles. The minimum absolute atomic E-state index is 0.202. The molecular weight excluding hydrogens is 331 g/mol. The summed E-state index contributed by atoms with van der Waals surface area (Å²) in [6.07, 6.45) is -0.202. The summed E-state index contributed by atoms with van der Waals surface area (Å²) in [5, 5.41) is 1.27. The third-order valence-electron chi connectivity index (χ3n) is 2.76. The highest BCUT2D eigenvalue weighted by Crippen LogP contribution is 2.24. The molecule has 0 saturated carbocycles. The fraction of sp³-hybridized carbons (Fsp3) is 0.200. The smallest absolute Gasteiger partial charge is 0.123 e. The zero-order valence-electron chi connectivity index (χ0n) is 10.2. The maximum atomic E-state index is 13.2. The van der Waals surface area contributed by atoms with Crippen molar-refractivity contribution in [2.24, 2.45) is 0 Å². The molecule has 1 atom stereocenters. The lowest BCUT2D eigenvalue weighted by atomic mass is 10.1. The van der Waals surface area contributed by atoms with Crippen LogP contribution >= 0.6 is 27.5 Å². The fourth-order valence-corrected chi connectivity index (χ4v) is 2.49. The van der Waals surface area contributed by atoms with Gasteiger partial charge in [0, 0.05) is 10.4 Å². The number of halogens is 3. The molecule has 1 unspecified atom stereocenters. The van der Waals surface area contributed by atoms with Crippen LogP contribution in [-0.4, -0.2) is 5.33 Å². The van der Waals surface area contributed by atoms with E-state index >= 15 is 0 Å². The van der Waals surface area contributed by atoms with Gasteiger partial charge in [-0.1, -0.05) is 57.9 Å². The summed E-state index contributed by atoms with van der Waals surface area (Å²) in [5.74, 6) is -0.259. The van der Waals surface area contributed by atoms with E-state index in [1.54, 1.807) is 6.07 Å². The molecule has 2 aromatic carbocycles. The molecule has 1 nitrogen and oxygen atoms in total. The highest BCUT2D eigenvalue weighted by atomic mass is 79.9. The summed E-state index contributed by atoms with van der Waals surface area (Å²) in [5.41, 5.74) is 1.73. The second kappa shape index (κ2) is 7.04. The summed E-state index contributed by atoms with van der Waals surface area (Å²) in [4.78, 5) is 0. The van der Waals surface area contributed by atoms with Crippen LogP contribution < -0.4 is 0 Å². The monoisotopic (exact) mass is 342 g/mol.